The lowest BCUT2D eigenvalue weighted by Crippen LogP contribution is -2.27. The Balaban J connectivity index is 2.65. The first-order valence-electron chi connectivity index (χ1n) is 7.61. The molecule has 0 atom stereocenters. The number of rotatable bonds is 4. The number of hydrogen-bond donors (Lipinski definition) is 1. The van der Waals surface area contributed by atoms with E-state index in [2.05, 4.69) is 5.32 Å². The summed E-state index contributed by atoms with van der Waals surface area (Å²) < 4.78 is 23.9. The van der Waals surface area contributed by atoms with Crippen molar-refractivity contribution < 1.29 is 28.2 Å². The number of anilines is 2. The van der Waals surface area contributed by atoms with Crippen molar-refractivity contribution in [3.05, 3.63) is 58.7 Å². The molecule has 1 aromatic carbocycles. The van der Waals surface area contributed by atoms with E-state index in [-0.39, 0.29) is 27.7 Å². The second kappa shape index (κ2) is 8.50. The molecule has 1 heterocycles. The van der Waals surface area contributed by atoms with Gasteiger partial charge in [-0.1, -0.05) is 17.7 Å². The zero-order valence-electron chi connectivity index (χ0n) is 14.7. The van der Waals surface area contributed by atoms with E-state index in [9.17, 15) is 18.8 Å². The topological polar surface area (TPSA) is 84.9 Å². The Bertz CT molecular complexity index is 869. The highest BCUT2D eigenvalue weighted by molar-refractivity contribution is 6.34. The summed E-state index contributed by atoms with van der Waals surface area (Å²) in [5, 5.41) is 2.20. The third kappa shape index (κ3) is 4.35. The van der Waals surface area contributed by atoms with Gasteiger partial charge in [-0.2, -0.15) is 0 Å². The van der Waals surface area contributed by atoms with E-state index in [1.54, 1.807) is 0 Å². The van der Waals surface area contributed by atoms with Gasteiger partial charge >= 0.3 is 11.9 Å². The highest BCUT2D eigenvalue weighted by atomic mass is 35.5. The Kier molecular flexibility index (Phi) is 6.36. The molecule has 142 valence electrons. The van der Waals surface area contributed by atoms with Gasteiger partial charge in [0.2, 0.25) is 5.91 Å². The van der Waals surface area contributed by atoms with E-state index in [4.69, 9.17) is 21.1 Å². The molecule has 9 heteroatoms. The van der Waals surface area contributed by atoms with Crippen LogP contribution in [0.4, 0.5) is 15.8 Å². The number of nitrogens with zero attached hydrogens (tertiary/aromatic N) is 1. The van der Waals surface area contributed by atoms with Crippen molar-refractivity contribution >= 4 is 40.8 Å². The molecular formula is C18H16ClFN2O5. The first-order chi connectivity index (χ1) is 12.8. The van der Waals surface area contributed by atoms with E-state index in [0.717, 1.165) is 13.2 Å². The highest BCUT2D eigenvalue weighted by Crippen LogP contribution is 2.34. The molecule has 1 N–H and O–H groups in total. The lowest BCUT2D eigenvalue weighted by Gasteiger charge is -2.24. The summed E-state index contributed by atoms with van der Waals surface area (Å²) >= 11 is 6.08. The molecule has 1 amide bonds. The molecular weight excluding hydrogens is 379 g/mol. The molecule has 0 spiro atoms. The van der Waals surface area contributed by atoms with E-state index < -0.39 is 23.7 Å². The van der Waals surface area contributed by atoms with E-state index in [1.165, 1.54) is 49.4 Å². The van der Waals surface area contributed by atoms with Crippen LogP contribution in [0.25, 0.3) is 0 Å². The van der Waals surface area contributed by atoms with Gasteiger partial charge in [0.05, 0.1) is 36.2 Å². The van der Waals surface area contributed by atoms with Gasteiger partial charge < -0.3 is 19.7 Å². The summed E-state index contributed by atoms with van der Waals surface area (Å²) in [5.74, 6) is -2.93. The number of carbonyl (C=O) groups excluding carboxylic acids is 3. The van der Waals surface area contributed by atoms with Crippen molar-refractivity contribution in [1.82, 2.24) is 0 Å². The van der Waals surface area contributed by atoms with Crippen LogP contribution in [0, 0.1) is 5.82 Å². The Morgan fingerprint density at radius 2 is 1.78 bits per heavy atom. The Labute approximate surface area is 159 Å². The van der Waals surface area contributed by atoms with Gasteiger partial charge in [-0.25, -0.2) is 14.0 Å². The minimum absolute atomic E-state index is 0.0863. The highest BCUT2D eigenvalue weighted by Gasteiger charge is 2.28. The van der Waals surface area contributed by atoms with E-state index >= 15 is 0 Å². The second-order valence-electron chi connectivity index (χ2n) is 5.28. The Morgan fingerprint density at radius 1 is 1.11 bits per heavy atom. The summed E-state index contributed by atoms with van der Waals surface area (Å²) in [6.45, 7) is 1.22. The standard InChI is InChI=1S/C18H16ClFN2O5/c1-10(23)21-15-13(19)8-11(9-14(15)20)22-7-5-4-6-12(17(24)26-2)16(22)18(25)27-3/h4-9H,1-3H3,(H,21,23). The molecule has 0 radical (unpaired) electrons. The molecule has 0 fully saturated rings. The molecule has 2 rings (SSSR count). The van der Waals surface area contributed by atoms with Crippen molar-refractivity contribution in [1.29, 1.82) is 0 Å². The average Bonchev–Trinajstić information content (AvgIpc) is 2.86. The van der Waals surface area contributed by atoms with Gasteiger partial charge in [-0.15, -0.1) is 0 Å². The SMILES string of the molecule is COC(=O)C1=C(C(=O)OC)N(c2cc(F)c(NC(C)=O)c(Cl)c2)C=CC=C1. The van der Waals surface area contributed by atoms with Crippen LogP contribution in [-0.2, 0) is 23.9 Å². The fourth-order valence-corrected chi connectivity index (χ4v) is 2.61. The molecule has 1 aliphatic heterocycles. The van der Waals surface area contributed by atoms with Gasteiger partial charge in [-0.3, -0.25) is 4.79 Å². The summed E-state index contributed by atoms with van der Waals surface area (Å²) in [4.78, 5) is 36.9. The fourth-order valence-electron chi connectivity index (χ4n) is 2.36. The third-order valence-corrected chi connectivity index (χ3v) is 3.79. The number of nitrogens with one attached hydrogen (secondary N) is 1. The van der Waals surface area contributed by atoms with Crippen LogP contribution in [0.2, 0.25) is 5.02 Å². The van der Waals surface area contributed by atoms with Gasteiger partial charge in [0, 0.05) is 19.2 Å². The number of methoxy groups -OCH3 is 2. The van der Waals surface area contributed by atoms with E-state index in [0.29, 0.717) is 0 Å². The largest absolute Gasteiger partial charge is 0.465 e. The summed E-state index contributed by atoms with van der Waals surface area (Å²) in [6, 6.07) is 2.40. The first-order valence-corrected chi connectivity index (χ1v) is 7.99. The Hall–Kier alpha value is -3.13. The number of carbonyl (C=O) groups is 3. The van der Waals surface area contributed by atoms with Gasteiger partial charge in [0.25, 0.3) is 0 Å². The maximum atomic E-state index is 14.5. The molecule has 0 saturated carbocycles. The molecule has 1 aliphatic rings. The molecule has 0 bridgehead atoms. The van der Waals surface area contributed by atoms with Gasteiger partial charge in [0.15, 0.2) is 0 Å². The molecule has 0 saturated heterocycles. The van der Waals surface area contributed by atoms with Crippen molar-refractivity contribution in [2.75, 3.05) is 24.4 Å². The van der Waals surface area contributed by atoms with Crippen molar-refractivity contribution in [2.24, 2.45) is 0 Å². The number of benzene rings is 1. The first kappa shape index (κ1) is 20.2. The van der Waals surface area contributed by atoms with E-state index in [1.807, 2.05) is 0 Å². The van der Waals surface area contributed by atoms with Crippen LogP contribution in [0.1, 0.15) is 6.92 Å². The summed E-state index contributed by atoms with van der Waals surface area (Å²) in [5.41, 5.74) is -0.330. The lowest BCUT2D eigenvalue weighted by molar-refractivity contribution is -0.139. The van der Waals surface area contributed by atoms with Crippen LogP contribution < -0.4 is 10.2 Å². The van der Waals surface area contributed by atoms with Crippen LogP contribution in [-0.4, -0.2) is 32.1 Å². The second-order valence-corrected chi connectivity index (χ2v) is 5.69. The number of allylic oxidation sites excluding steroid dienone is 2. The number of halogens is 2. The van der Waals surface area contributed by atoms with Crippen molar-refractivity contribution in [3.8, 4) is 0 Å². The lowest BCUT2D eigenvalue weighted by atomic mass is 10.1. The molecule has 7 nitrogen and oxygen atoms in total. The molecule has 0 aromatic heterocycles. The number of amides is 1. The molecule has 1 aromatic rings. The van der Waals surface area contributed by atoms with Crippen LogP contribution >= 0.6 is 11.6 Å². The maximum absolute atomic E-state index is 14.5. The Morgan fingerprint density at radius 3 is 2.33 bits per heavy atom. The van der Waals surface area contributed by atoms with Crippen molar-refractivity contribution in [2.45, 2.75) is 6.92 Å². The third-order valence-electron chi connectivity index (χ3n) is 3.50. The quantitative estimate of drug-likeness (QED) is 0.790. The summed E-state index contributed by atoms with van der Waals surface area (Å²) in [7, 11) is 2.31. The predicted molar refractivity (Wildman–Crippen MR) is 97.5 cm³/mol. The fraction of sp³-hybridized carbons (Fsp3) is 0.167. The minimum Gasteiger partial charge on any atom is -0.465 e. The molecule has 27 heavy (non-hydrogen) atoms. The van der Waals surface area contributed by atoms with Crippen LogP contribution in [0.15, 0.2) is 47.8 Å². The van der Waals surface area contributed by atoms with Crippen LogP contribution in [0.3, 0.4) is 0 Å². The monoisotopic (exact) mass is 394 g/mol. The minimum atomic E-state index is -0.839. The zero-order chi connectivity index (χ0) is 20.1. The molecule has 0 unspecified atom stereocenters. The summed E-state index contributed by atoms with van der Waals surface area (Å²) in [6.07, 6.45) is 5.85. The van der Waals surface area contributed by atoms with Gasteiger partial charge in [0.1, 0.15) is 11.5 Å². The van der Waals surface area contributed by atoms with Crippen molar-refractivity contribution in [3.63, 3.8) is 0 Å². The normalized spacial score (nSPS) is 13.3. The molecule has 0 aliphatic carbocycles. The number of hydrogen-bond acceptors (Lipinski definition) is 6. The van der Waals surface area contributed by atoms with Crippen LogP contribution in [0.5, 0.6) is 0 Å². The average molecular weight is 395 g/mol. The zero-order valence-corrected chi connectivity index (χ0v) is 15.5. The number of esters is 2. The predicted octanol–water partition coefficient (Wildman–Crippen LogP) is 2.93. The maximum Gasteiger partial charge on any atom is 0.355 e. The number of ether oxygens (including phenoxy) is 2. The smallest absolute Gasteiger partial charge is 0.355 e. The van der Waals surface area contributed by atoms with Gasteiger partial charge in [-0.05, 0) is 18.2 Å².